The van der Waals surface area contributed by atoms with Gasteiger partial charge in [-0.05, 0) is 27.7 Å². The Balaban J connectivity index is 4.34. The molecule has 0 saturated carbocycles. The zero-order chi connectivity index (χ0) is 16.0. The molecular formula is C15H26O5. The van der Waals surface area contributed by atoms with E-state index in [1.54, 1.807) is 41.5 Å². The lowest BCUT2D eigenvalue weighted by molar-refractivity contribution is -0.332. The van der Waals surface area contributed by atoms with Crippen LogP contribution in [0.3, 0.4) is 0 Å². The van der Waals surface area contributed by atoms with Gasteiger partial charge in [-0.3, -0.25) is 0 Å². The SMILES string of the molecule is C=COC(C)(C)OC(C)(C)OC(C)COC(=O)C(=C)C. The van der Waals surface area contributed by atoms with Crippen LogP contribution < -0.4 is 0 Å². The summed E-state index contributed by atoms with van der Waals surface area (Å²) in [4.78, 5) is 11.3. The van der Waals surface area contributed by atoms with E-state index >= 15 is 0 Å². The molecule has 1 atom stereocenters. The van der Waals surface area contributed by atoms with Gasteiger partial charge in [0.1, 0.15) is 6.61 Å². The standard InChI is InChI=1S/C15H26O5/c1-9-18-14(5,6)20-15(7,8)19-12(4)10-17-13(16)11(2)3/h9,12H,1-2,10H2,3-8H3. The Morgan fingerprint density at radius 1 is 1.25 bits per heavy atom. The van der Waals surface area contributed by atoms with E-state index in [0.717, 1.165) is 0 Å². The molecule has 0 fully saturated rings. The highest BCUT2D eigenvalue weighted by atomic mass is 16.8. The van der Waals surface area contributed by atoms with Crippen molar-refractivity contribution >= 4 is 5.97 Å². The van der Waals surface area contributed by atoms with Crippen molar-refractivity contribution in [3.8, 4) is 0 Å². The monoisotopic (exact) mass is 286 g/mol. The number of hydrogen-bond acceptors (Lipinski definition) is 5. The third-order valence-electron chi connectivity index (χ3n) is 2.14. The minimum Gasteiger partial charge on any atom is -0.471 e. The minimum absolute atomic E-state index is 0.126. The molecule has 5 heteroatoms. The molecule has 0 amide bonds. The quantitative estimate of drug-likeness (QED) is 0.282. The third-order valence-corrected chi connectivity index (χ3v) is 2.14. The second-order valence-electron chi connectivity index (χ2n) is 5.49. The van der Waals surface area contributed by atoms with Crippen molar-refractivity contribution in [2.24, 2.45) is 0 Å². The van der Waals surface area contributed by atoms with Crippen LogP contribution in [-0.2, 0) is 23.7 Å². The molecule has 5 nitrogen and oxygen atoms in total. The van der Waals surface area contributed by atoms with Crippen molar-refractivity contribution in [2.45, 2.75) is 59.2 Å². The Kier molecular flexibility index (Phi) is 6.96. The maximum absolute atomic E-state index is 11.3. The van der Waals surface area contributed by atoms with Gasteiger partial charge in [-0.15, -0.1) is 0 Å². The van der Waals surface area contributed by atoms with E-state index in [2.05, 4.69) is 13.2 Å². The predicted octanol–water partition coefficient (Wildman–Crippen LogP) is 3.16. The Morgan fingerprint density at radius 3 is 2.25 bits per heavy atom. The largest absolute Gasteiger partial charge is 0.471 e. The summed E-state index contributed by atoms with van der Waals surface area (Å²) in [5.41, 5.74) is 0.355. The average molecular weight is 286 g/mol. The number of hydrogen-bond donors (Lipinski definition) is 0. The number of carbonyl (C=O) groups excluding carboxylic acids is 1. The first-order valence-corrected chi connectivity index (χ1v) is 6.48. The van der Waals surface area contributed by atoms with Crippen molar-refractivity contribution in [3.63, 3.8) is 0 Å². The molecule has 0 bridgehead atoms. The second kappa shape index (κ2) is 7.45. The fourth-order valence-electron chi connectivity index (χ4n) is 1.68. The molecule has 0 radical (unpaired) electrons. The molecule has 0 aromatic heterocycles. The summed E-state index contributed by atoms with van der Waals surface area (Å²) in [7, 11) is 0. The number of esters is 1. The maximum atomic E-state index is 11.3. The minimum atomic E-state index is -0.901. The lowest BCUT2D eigenvalue weighted by Crippen LogP contribution is -2.42. The van der Waals surface area contributed by atoms with Crippen LogP contribution in [-0.4, -0.2) is 30.3 Å². The van der Waals surface area contributed by atoms with Crippen LogP contribution in [0.1, 0.15) is 41.5 Å². The van der Waals surface area contributed by atoms with Crippen molar-refractivity contribution in [1.29, 1.82) is 0 Å². The van der Waals surface area contributed by atoms with Gasteiger partial charge in [-0.1, -0.05) is 13.2 Å². The molecule has 0 rings (SSSR count). The van der Waals surface area contributed by atoms with E-state index in [1.807, 2.05) is 0 Å². The molecule has 0 aromatic rings. The number of carbonyl (C=O) groups is 1. The van der Waals surface area contributed by atoms with Crippen molar-refractivity contribution in [3.05, 3.63) is 25.0 Å². The predicted molar refractivity (Wildman–Crippen MR) is 76.8 cm³/mol. The van der Waals surface area contributed by atoms with Crippen molar-refractivity contribution in [2.75, 3.05) is 6.61 Å². The molecule has 0 saturated heterocycles. The first-order valence-electron chi connectivity index (χ1n) is 6.48. The van der Waals surface area contributed by atoms with Crippen molar-refractivity contribution in [1.82, 2.24) is 0 Å². The number of rotatable bonds is 9. The molecule has 20 heavy (non-hydrogen) atoms. The summed E-state index contributed by atoms with van der Waals surface area (Å²) in [5.74, 6) is -2.20. The van der Waals surface area contributed by atoms with Crippen LogP contribution in [0.5, 0.6) is 0 Å². The van der Waals surface area contributed by atoms with Gasteiger partial charge < -0.3 is 18.9 Å². The van der Waals surface area contributed by atoms with Gasteiger partial charge in [-0.25, -0.2) is 4.79 Å². The van der Waals surface area contributed by atoms with Gasteiger partial charge in [0, 0.05) is 19.4 Å². The van der Waals surface area contributed by atoms with Crippen LogP contribution in [0.25, 0.3) is 0 Å². The topological polar surface area (TPSA) is 54.0 Å². The molecule has 1 unspecified atom stereocenters. The van der Waals surface area contributed by atoms with E-state index in [-0.39, 0.29) is 12.7 Å². The van der Waals surface area contributed by atoms with E-state index in [9.17, 15) is 4.79 Å². The zero-order valence-electron chi connectivity index (χ0n) is 13.3. The highest BCUT2D eigenvalue weighted by molar-refractivity contribution is 5.86. The lowest BCUT2D eigenvalue weighted by atomic mass is 10.3. The Hall–Kier alpha value is -1.33. The van der Waals surface area contributed by atoms with Gasteiger partial charge >= 0.3 is 5.97 Å². The van der Waals surface area contributed by atoms with Gasteiger partial charge in [0.05, 0.1) is 12.4 Å². The smallest absolute Gasteiger partial charge is 0.333 e. The maximum Gasteiger partial charge on any atom is 0.333 e. The molecule has 0 aliphatic heterocycles. The van der Waals surface area contributed by atoms with E-state index in [1.165, 1.54) is 6.26 Å². The summed E-state index contributed by atoms with van der Waals surface area (Å²) >= 11 is 0. The van der Waals surface area contributed by atoms with Crippen LogP contribution >= 0.6 is 0 Å². The lowest BCUT2D eigenvalue weighted by Gasteiger charge is -2.36. The molecule has 0 aromatic carbocycles. The van der Waals surface area contributed by atoms with Crippen LogP contribution in [0.2, 0.25) is 0 Å². The molecule has 116 valence electrons. The van der Waals surface area contributed by atoms with Crippen molar-refractivity contribution < 1.29 is 23.7 Å². The first kappa shape index (κ1) is 18.7. The fourth-order valence-corrected chi connectivity index (χ4v) is 1.68. The third kappa shape index (κ3) is 7.96. The summed E-state index contributed by atoms with van der Waals surface area (Å²) in [6.07, 6.45) is 0.988. The van der Waals surface area contributed by atoms with Gasteiger partial charge in [0.25, 0.3) is 0 Å². The van der Waals surface area contributed by atoms with Gasteiger partial charge in [-0.2, -0.15) is 0 Å². The average Bonchev–Trinajstić information content (AvgIpc) is 2.22. The van der Waals surface area contributed by atoms with Crippen LogP contribution in [0.4, 0.5) is 0 Å². The van der Waals surface area contributed by atoms with Crippen LogP contribution in [0.15, 0.2) is 25.0 Å². The Labute approximate surface area is 121 Å². The first-order chi connectivity index (χ1) is 8.99. The molecule has 0 spiro atoms. The van der Waals surface area contributed by atoms with Gasteiger partial charge in [0.15, 0.2) is 5.79 Å². The number of ether oxygens (including phenoxy) is 4. The molecule has 0 N–H and O–H groups in total. The molecule has 0 heterocycles. The fraction of sp³-hybridized carbons (Fsp3) is 0.667. The summed E-state index contributed by atoms with van der Waals surface area (Å²) < 4.78 is 21.7. The summed E-state index contributed by atoms with van der Waals surface area (Å²) in [6.45, 7) is 17.5. The molecule has 0 aliphatic carbocycles. The molecular weight excluding hydrogens is 260 g/mol. The van der Waals surface area contributed by atoms with E-state index in [4.69, 9.17) is 18.9 Å². The zero-order valence-corrected chi connectivity index (χ0v) is 13.3. The second-order valence-corrected chi connectivity index (χ2v) is 5.49. The highest BCUT2D eigenvalue weighted by Gasteiger charge is 2.32. The summed E-state index contributed by atoms with van der Waals surface area (Å²) in [6, 6.07) is 0. The van der Waals surface area contributed by atoms with Gasteiger partial charge in [0.2, 0.25) is 5.79 Å². The van der Waals surface area contributed by atoms with E-state index < -0.39 is 17.5 Å². The highest BCUT2D eigenvalue weighted by Crippen LogP contribution is 2.24. The normalized spacial score (nSPS) is 13.5. The Bertz CT molecular complexity index is 357. The Morgan fingerprint density at radius 2 is 1.80 bits per heavy atom. The van der Waals surface area contributed by atoms with Crippen LogP contribution in [0, 0.1) is 0 Å². The molecule has 0 aliphatic rings. The summed E-state index contributed by atoms with van der Waals surface area (Å²) in [5, 5.41) is 0. The van der Waals surface area contributed by atoms with E-state index in [0.29, 0.717) is 5.57 Å².